The largest absolute Gasteiger partial charge is 0.309 e. The molecule has 1 nitrogen and oxygen atoms in total. The Labute approximate surface area is 332 Å². The van der Waals surface area contributed by atoms with Gasteiger partial charge in [-0.25, -0.2) is 0 Å². The molecule has 0 unspecified atom stereocenters. The van der Waals surface area contributed by atoms with E-state index in [1.807, 2.05) is 0 Å². The van der Waals surface area contributed by atoms with Gasteiger partial charge in [-0.1, -0.05) is 200 Å². The maximum atomic E-state index is 2.43. The summed E-state index contributed by atoms with van der Waals surface area (Å²) < 4.78 is 2.43. The van der Waals surface area contributed by atoms with Gasteiger partial charge in [0.1, 0.15) is 0 Å². The van der Waals surface area contributed by atoms with Crippen LogP contribution in [0, 0.1) is 0 Å². The van der Waals surface area contributed by atoms with E-state index in [1.54, 1.807) is 0 Å². The molecule has 266 valence electrons. The Morgan fingerprint density at radius 2 is 0.491 bits per heavy atom. The first-order valence-corrected chi connectivity index (χ1v) is 19.7. The fourth-order valence-corrected chi connectivity index (χ4v) is 8.77. The van der Waals surface area contributed by atoms with Crippen LogP contribution >= 0.6 is 0 Å². The Morgan fingerprint density at radius 1 is 0.211 bits per heavy atom. The van der Waals surface area contributed by atoms with Gasteiger partial charge < -0.3 is 4.57 Å². The lowest BCUT2D eigenvalue weighted by Crippen LogP contribution is -1.93. The van der Waals surface area contributed by atoms with Gasteiger partial charge in [0.15, 0.2) is 0 Å². The molecule has 0 saturated heterocycles. The quantitative estimate of drug-likeness (QED) is 0.144. The molecule has 11 rings (SSSR count). The van der Waals surface area contributed by atoms with E-state index in [0.29, 0.717) is 0 Å². The molecular weight excluding hydrogens is 687 g/mol. The average molecular weight is 724 g/mol. The second kappa shape index (κ2) is 13.7. The predicted octanol–water partition coefficient (Wildman–Crippen LogP) is 15.4. The zero-order valence-corrected chi connectivity index (χ0v) is 31.3. The first-order chi connectivity index (χ1) is 28.3. The summed E-state index contributed by atoms with van der Waals surface area (Å²) in [5.74, 6) is 0. The number of para-hydroxylation sites is 1. The lowest BCUT2D eigenvalue weighted by molar-refractivity contribution is 1.18. The van der Waals surface area contributed by atoms with Crippen molar-refractivity contribution in [3.8, 4) is 72.4 Å². The third-order valence-electron chi connectivity index (χ3n) is 11.7. The number of hydrogen-bond donors (Lipinski definition) is 0. The summed E-state index contributed by atoms with van der Waals surface area (Å²) in [5.41, 5.74) is 18.3. The zero-order chi connectivity index (χ0) is 37.7. The summed E-state index contributed by atoms with van der Waals surface area (Å²) in [4.78, 5) is 0. The van der Waals surface area contributed by atoms with Gasteiger partial charge in [0.05, 0.1) is 11.0 Å². The highest BCUT2D eigenvalue weighted by molar-refractivity contribution is 6.28. The average Bonchev–Trinajstić information content (AvgIpc) is 3.64. The van der Waals surface area contributed by atoms with Crippen LogP contribution in [-0.2, 0) is 0 Å². The molecule has 0 saturated carbocycles. The number of benzene rings is 10. The highest BCUT2D eigenvalue weighted by Crippen LogP contribution is 2.45. The Hall–Kier alpha value is -7.48. The van der Waals surface area contributed by atoms with Gasteiger partial charge in [-0.2, -0.15) is 0 Å². The van der Waals surface area contributed by atoms with Crippen molar-refractivity contribution in [3.05, 3.63) is 224 Å². The van der Waals surface area contributed by atoms with Gasteiger partial charge in [-0.3, -0.25) is 0 Å². The van der Waals surface area contributed by atoms with Crippen molar-refractivity contribution in [2.75, 3.05) is 0 Å². The molecule has 0 radical (unpaired) electrons. The van der Waals surface area contributed by atoms with Crippen molar-refractivity contribution in [2.45, 2.75) is 0 Å². The number of hydrogen-bond acceptors (Lipinski definition) is 0. The van der Waals surface area contributed by atoms with E-state index in [1.165, 1.54) is 105 Å². The molecule has 0 aliphatic rings. The van der Waals surface area contributed by atoms with E-state index in [4.69, 9.17) is 0 Å². The molecule has 1 heteroatoms. The molecule has 10 aromatic carbocycles. The second-order valence-electron chi connectivity index (χ2n) is 14.9. The Bertz CT molecular complexity index is 2940. The van der Waals surface area contributed by atoms with Crippen molar-refractivity contribution in [2.24, 2.45) is 0 Å². The fraction of sp³-hybridized carbons (Fsp3) is 0. The van der Waals surface area contributed by atoms with Gasteiger partial charge in [-0.05, 0) is 102 Å². The molecule has 0 N–H and O–H groups in total. The van der Waals surface area contributed by atoms with Crippen LogP contribution in [0.1, 0.15) is 0 Å². The van der Waals surface area contributed by atoms with E-state index in [9.17, 15) is 0 Å². The summed E-state index contributed by atoms with van der Waals surface area (Å²) in [6.07, 6.45) is 0. The maximum absolute atomic E-state index is 2.43. The summed E-state index contributed by atoms with van der Waals surface area (Å²) in [7, 11) is 0. The third kappa shape index (κ3) is 5.72. The summed E-state index contributed by atoms with van der Waals surface area (Å²) >= 11 is 0. The molecule has 0 atom stereocenters. The van der Waals surface area contributed by atoms with E-state index in [2.05, 4.69) is 229 Å². The van der Waals surface area contributed by atoms with E-state index >= 15 is 0 Å². The Balaban J connectivity index is 0.983. The van der Waals surface area contributed by atoms with Gasteiger partial charge in [0.25, 0.3) is 0 Å². The summed E-state index contributed by atoms with van der Waals surface area (Å²) in [5, 5.41) is 5.15. The van der Waals surface area contributed by atoms with Crippen LogP contribution in [0.4, 0.5) is 0 Å². The second-order valence-corrected chi connectivity index (χ2v) is 14.9. The topological polar surface area (TPSA) is 4.93 Å². The van der Waals surface area contributed by atoms with Crippen LogP contribution in [-0.4, -0.2) is 4.57 Å². The fourth-order valence-electron chi connectivity index (χ4n) is 8.77. The van der Waals surface area contributed by atoms with E-state index < -0.39 is 0 Å². The number of rotatable bonds is 7. The molecule has 0 bridgehead atoms. The first kappa shape index (κ1) is 32.9. The Morgan fingerprint density at radius 3 is 0.825 bits per heavy atom. The van der Waals surface area contributed by atoms with E-state index in [-0.39, 0.29) is 0 Å². The monoisotopic (exact) mass is 723 g/mol. The minimum atomic E-state index is 1.17. The van der Waals surface area contributed by atoms with Gasteiger partial charge >= 0.3 is 0 Å². The summed E-state index contributed by atoms with van der Waals surface area (Å²) in [6.45, 7) is 0. The maximum Gasteiger partial charge on any atom is 0.0547 e. The van der Waals surface area contributed by atoms with Crippen LogP contribution < -0.4 is 0 Å². The minimum Gasteiger partial charge on any atom is -0.309 e. The van der Waals surface area contributed by atoms with Crippen molar-refractivity contribution in [1.82, 2.24) is 4.57 Å². The van der Waals surface area contributed by atoms with Crippen LogP contribution in [0.5, 0.6) is 0 Å². The zero-order valence-electron chi connectivity index (χ0n) is 31.3. The predicted molar refractivity (Wildman–Crippen MR) is 242 cm³/mol. The molecule has 0 spiro atoms. The van der Waals surface area contributed by atoms with Crippen LogP contribution in [0.25, 0.3) is 105 Å². The normalized spacial score (nSPS) is 11.5. The van der Waals surface area contributed by atoms with Crippen LogP contribution in [0.2, 0.25) is 0 Å². The van der Waals surface area contributed by atoms with E-state index in [0.717, 1.165) is 0 Å². The smallest absolute Gasteiger partial charge is 0.0547 e. The van der Waals surface area contributed by atoms with Gasteiger partial charge in [0.2, 0.25) is 0 Å². The van der Waals surface area contributed by atoms with Gasteiger partial charge in [-0.15, -0.1) is 0 Å². The SMILES string of the molecule is c1ccc(-c2ccc(-c3ccc(-c4ccc5c6c4ccc4c(-c7ccc(-c8ccc(-c9ccccc9)cc8)cc7)ccc(c46)n5-c4ccccc4)cc3)cc2)cc1. The molecule has 0 amide bonds. The van der Waals surface area contributed by atoms with Crippen molar-refractivity contribution < 1.29 is 0 Å². The summed E-state index contributed by atoms with van der Waals surface area (Å²) in [6, 6.07) is 81.7. The van der Waals surface area contributed by atoms with Gasteiger partial charge in [0, 0.05) is 16.5 Å². The Kier molecular flexibility index (Phi) is 7.89. The lowest BCUT2D eigenvalue weighted by atomic mass is 9.90. The standard InChI is InChI=1S/C56H37N/c1-4-10-38(11-5-1)40-16-20-42(21-17-40)44-24-28-46(29-25-44)49-34-36-53-55-51(49)32-33-52-50(35-37-54(56(52)55)57(53)48-14-8-3-9-15-48)47-30-26-45(27-31-47)43-22-18-41(19-23-43)39-12-6-2-7-13-39/h1-37H. The first-order valence-electron chi connectivity index (χ1n) is 19.7. The molecule has 1 aromatic heterocycles. The molecule has 0 aliphatic heterocycles. The molecule has 0 aliphatic carbocycles. The minimum absolute atomic E-state index is 1.17. The molecule has 11 aromatic rings. The highest BCUT2D eigenvalue weighted by Gasteiger charge is 2.21. The lowest BCUT2D eigenvalue weighted by Gasteiger charge is -2.12. The van der Waals surface area contributed by atoms with Crippen molar-refractivity contribution in [1.29, 1.82) is 0 Å². The van der Waals surface area contributed by atoms with Crippen LogP contribution in [0.15, 0.2) is 224 Å². The molecule has 57 heavy (non-hydrogen) atoms. The molecular formula is C56H37N. The molecule has 0 fully saturated rings. The molecule has 1 heterocycles. The van der Waals surface area contributed by atoms with Crippen molar-refractivity contribution in [3.63, 3.8) is 0 Å². The number of aromatic nitrogens is 1. The van der Waals surface area contributed by atoms with Crippen LogP contribution in [0.3, 0.4) is 0 Å². The third-order valence-corrected chi connectivity index (χ3v) is 11.7. The number of nitrogens with zero attached hydrogens (tertiary/aromatic N) is 1. The van der Waals surface area contributed by atoms with Crippen molar-refractivity contribution >= 4 is 32.6 Å². The highest BCUT2D eigenvalue weighted by atomic mass is 15.0.